The van der Waals surface area contributed by atoms with Gasteiger partial charge >= 0.3 is 0 Å². The minimum absolute atomic E-state index is 0.327. The molecule has 2 aromatic rings. The quantitative estimate of drug-likeness (QED) is 0.836. The maximum Gasteiger partial charge on any atom is 0.150 e. The van der Waals surface area contributed by atoms with Crippen LogP contribution >= 0.6 is 15.9 Å². The molecule has 0 aliphatic heterocycles. The molecule has 0 unspecified atom stereocenters. The molecule has 0 fully saturated rings. The van der Waals surface area contributed by atoms with E-state index in [2.05, 4.69) is 20.9 Å². The number of aromatic nitrogens is 2. The second-order valence-electron chi connectivity index (χ2n) is 3.61. The molecule has 1 heterocycles. The highest BCUT2D eigenvalue weighted by Crippen LogP contribution is 2.32. The second kappa shape index (κ2) is 4.37. The molecule has 4 nitrogen and oxygen atoms in total. The predicted molar refractivity (Wildman–Crippen MR) is 69.3 cm³/mol. The molecule has 1 aromatic carbocycles. The van der Waals surface area contributed by atoms with Crippen LogP contribution in [-0.2, 0) is 6.42 Å². The van der Waals surface area contributed by atoms with Crippen LogP contribution in [0.5, 0.6) is 0 Å². The van der Waals surface area contributed by atoms with Crippen LogP contribution in [0.4, 0.5) is 10.2 Å². The molecule has 0 radical (unpaired) electrons. The van der Waals surface area contributed by atoms with E-state index in [1.165, 1.54) is 16.8 Å². The summed E-state index contributed by atoms with van der Waals surface area (Å²) >= 11 is 3.34. The molecule has 90 valence electrons. The van der Waals surface area contributed by atoms with Gasteiger partial charge in [0.25, 0.3) is 0 Å². The fourth-order valence-electron chi connectivity index (χ4n) is 1.62. The van der Waals surface area contributed by atoms with Crippen LogP contribution in [0.25, 0.3) is 11.3 Å². The smallest absolute Gasteiger partial charge is 0.150 e. The third kappa shape index (κ3) is 2.00. The number of aryl methyl sites for hydroxylation is 1. The molecule has 0 spiro atoms. The monoisotopic (exact) mass is 298 g/mol. The summed E-state index contributed by atoms with van der Waals surface area (Å²) in [5, 5.41) is 0. The Balaban J connectivity index is 2.64. The maximum absolute atomic E-state index is 13.2. The van der Waals surface area contributed by atoms with Crippen molar-refractivity contribution >= 4 is 21.7 Å². The number of nitrogens with two attached hydrogens (primary N) is 2. The van der Waals surface area contributed by atoms with E-state index in [1.807, 2.05) is 6.92 Å². The first kappa shape index (κ1) is 11.9. The van der Waals surface area contributed by atoms with Crippen molar-refractivity contribution < 1.29 is 4.39 Å². The number of hydrogen-bond donors (Lipinski definition) is 2. The van der Waals surface area contributed by atoms with Gasteiger partial charge in [-0.05, 0) is 18.2 Å². The van der Waals surface area contributed by atoms with Crippen LogP contribution in [0.2, 0.25) is 0 Å². The number of anilines is 1. The van der Waals surface area contributed by atoms with Gasteiger partial charge in [-0.25, -0.2) is 14.1 Å². The van der Waals surface area contributed by atoms with Crippen LogP contribution < -0.4 is 11.6 Å². The number of nitrogen functional groups attached to an aromatic ring is 2. The summed E-state index contributed by atoms with van der Waals surface area (Å²) in [7, 11) is 0. The predicted octanol–water partition coefficient (Wildman–Crippen LogP) is 2.31. The molecule has 4 N–H and O–H groups in total. The van der Waals surface area contributed by atoms with Gasteiger partial charge in [-0.1, -0.05) is 22.9 Å². The normalized spacial score (nSPS) is 10.8. The lowest BCUT2D eigenvalue weighted by atomic mass is 10.1. The van der Waals surface area contributed by atoms with E-state index in [4.69, 9.17) is 11.6 Å². The van der Waals surface area contributed by atoms with Crippen LogP contribution in [-0.4, -0.2) is 9.66 Å². The van der Waals surface area contributed by atoms with E-state index in [1.54, 1.807) is 6.07 Å². The Kier molecular flexibility index (Phi) is 3.06. The van der Waals surface area contributed by atoms with Crippen LogP contribution in [0.15, 0.2) is 22.7 Å². The standard InChI is InChI=1S/C11H12BrFN4/c1-2-9-16-10(11(14)17(9)15)7-5-6(13)3-4-8(7)12/h3-5H,2,14-15H2,1H3. The number of hydrogen-bond acceptors (Lipinski definition) is 3. The minimum Gasteiger partial charge on any atom is -0.382 e. The van der Waals surface area contributed by atoms with Crippen molar-refractivity contribution in [2.75, 3.05) is 11.6 Å². The zero-order valence-corrected chi connectivity index (χ0v) is 10.8. The Labute approximate surface area is 107 Å². The SMILES string of the molecule is CCc1nc(-c2cc(F)ccc2Br)c(N)n1N. The average molecular weight is 299 g/mol. The third-order valence-electron chi connectivity index (χ3n) is 2.52. The molecule has 0 saturated heterocycles. The fourth-order valence-corrected chi connectivity index (χ4v) is 2.05. The van der Waals surface area contributed by atoms with Crippen molar-refractivity contribution in [1.29, 1.82) is 0 Å². The van der Waals surface area contributed by atoms with Gasteiger partial charge in [0, 0.05) is 16.5 Å². The van der Waals surface area contributed by atoms with E-state index in [9.17, 15) is 4.39 Å². The van der Waals surface area contributed by atoms with Gasteiger partial charge in [-0.2, -0.15) is 0 Å². The van der Waals surface area contributed by atoms with Gasteiger partial charge in [0.1, 0.15) is 17.3 Å². The molecule has 2 rings (SSSR count). The van der Waals surface area contributed by atoms with Crippen LogP contribution in [0.1, 0.15) is 12.7 Å². The number of halogens is 2. The van der Waals surface area contributed by atoms with E-state index >= 15 is 0 Å². The summed E-state index contributed by atoms with van der Waals surface area (Å²) in [4.78, 5) is 4.32. The molecular formula is C11H12BrFN4. The van der Waals surface area contributed by atoms with Gasteiger partial charge in [0.15, 0.2) is 5.82 Å². The van der Waals surface area contributed by atoms with Crippen molar-refractivity contribution in [2.45, 2.75) is 13.3 Å². The molecule has 0 amide bonds. The molecule has 17 heavy (non-hydrogen) atoms. The molecular weight excluding hydrogens is 287 g/mol. The summed E-state index contributed by atoms with van der Waals surface area (Å²) in [6, 6.07) is 4.36. The van der Waals surface area contributed by atoms with Crippen LogP contribution in [0.3, 0.4) is 0 Å². The lowest BCUT2D eigenvalue weighted by molar-refractivity contribution is 0.628. The summed E-state index contributed by atoms with van der Waals surface area (Å²) in [5.41, 5.74) is 6.96. The first-order valence-electron chi connectivity index (χ1n) is 5.12. The van der Waals surface area contributed by atoms with Crippen molar-refractivity contribution in [2.24, 2.45) is 0 Å². The highest BCUT2D eigenvalue weighted by Gasteiger charge is 2.16. The molecule has 0 atom stereocenters. The third-order valence-corrected chi connectivity index (χ3v) is 3.21. The maximum atomic E-state index is 13.2. The number of benzene rings is 1. The van der Waals surface area contributed by atoms with Gasteiger partial charge in [-0.15, -0.1) is 0 Å². The Morgan fingerprint density at radius 1 is 1.47 bits per heavy atom. The zero-order valence-electron chi connectivity index (χ0n) is 9.24. The van der Waals surface area contributed by atoms with Crippen LogP contribution in [0, 0.1) is 5.82 Å². The molecule has 6 heteroatoms. The second-order valence-corrected chi connectivity index (χ2v) is 4.46. The average Bonchev–Trinajstić information content (AvgIpc) is 2.59. The van der Waals surface area contributed by atoms with Crippen molar-refractivity contribution in [3.63, 3.8) is 0 Å². The zero-order chi connectivity index (χ0) is 12.6. The Morgan fingerprint density at radius 2 is 2.18 bits per heavy atom. The Hall–Kier alpha value is -1.56. The lowest BCUT2D eigenvalue weighted by Crippen LogP contribution is -2.14. The van der Waals surface area contributed by atoms with E-state index < -0.39 is 0 Å². The topological polar surface area (TPSA) is 69.9 Å². The van der Waals surface area contributed by atoms with Crippen molar-refractivity contribution in [1.82, 2.24) is 9.66 Å². The number of nitrogens with zero attached hydrogens (tertiary/aromatic N) is 2. The highest BCUT2D eigenvalue weighted by molar-refractivity contribution is 9.10. The number of rotatable bonds is 2. The first-order valence-corrected chi connectivity index (χ1v) is 5.91. The van der Waals surface area contributed by atoms with E-state index in [0.29, 0.717) is 29.3 Å². The van der Waals surface area contributed by atoms with Gasteiger partial charge in [0.05, 0.1) is 0 Å². The Morgan fingerprint density at radius 3 is 2.76 bits per heavy atom. The lowest BCUT2D eigenvalue weighted by Gasteiger charge is -2.03. The van der Waals surface area contributed by atoms with Crippen molar-refractivity contribution in [3.05, 3.63) is 34.3 Å². The first-order chi connectivity index (χ1) is 8.04. The molecule has 0 saturated carbocycles. The molecule has 0 bridgehead atoms. The highest BCUT2D eigenvalue weighted by atomic mass is 79.9. The van der Waals surface area contributed by atoms with Crippen molar-refractivity contribution in [3.8, 4) is 11.3 Å². The fraction of sp³-hybridized carbons (Fsp3) is 0.182. The van der Waals surface area contributed by atoms with Gasteiger partial charge in [-0.3, -0.25) is 0 Å². The number of imidazole rings is 1. The summed E-state index contributed by atoms with van der Waals surface area (Å²) in [6.07, 6.45) is 0.660. The molecule has 0 aliphatic rings. The summed E-state index contributed by atoms with van der Waals surface area (Å²) in [5.74, 6) is 6.41. The largest absolute Gasteiger partial charge is 0.382 e. The Bertz CT molecular complexity index is 565. The van der Waals surface area contributed by atoms with Gasteiger partial charge in [0.2, 0.25) is 0 Å². The van der Waals surface area contributed by atoms with E-state index in [-0.39, 0.29) is 5.82 Å². The van der Waals surface area contributed by atoms with E-state index in [0.717, 1.165) is 4.47 Å². The summed E-state index contributed by atoms with van der Waals surface area (Å²) < 4.78 is 15.3. The molecule has 1 aromatic heterocycles. The minimum atomic E-state index is -0.341. The van der Waals surface area contributed by atoms with Gasteiger partial charge < -0.3 is 11.6 Å². The summed E-state index contributed by atoms with van der Waals surface area (Å²) in [6.45, 7) is 1.93. The molecule has 0 aliphatic carbocycles.